The Balaban J connectivity index is 1.42. The van der Waals surface area contributed by atoms with Crippen molar-refractivity contribution >= 4 is 17.7 Å². The average molecular weight is 490 g/mol. The summed E-state index contributed by atoms with van der Waals surface area (Å²) in [6.07, 6.45) is -3.77. The zero-order chi connectivity index (χ0) is 25.0. The summed E-state index contributed by atoms with van der Waals surface area (Å²) in [5, 5.41) is 2.34. The number of ether oxygens (including phenoxy) is 2. The molecule has 12 heteroatoms. The molecular weight excluding hydrogens is 469 g/mol. The molecular formula is C23H21F3N4O5. The van der Waals surface area contributed by atoms with Crippen LogP contribution in [0.25, 0.3) is 11.5 Å². The first-order chi connectivity index (χ1) is 16.7. The Kier molecular flexibility index (Phi) is 6.90. The van der Waals surface area contributed by atoms with E-state index >= 15 is 0 Å². The second-order valence-corrected chi connectivity index (χ2v) is 7.57. The Bertz CT molecular complexity index is 1180. The Morgan fingerprint density at radius 2 is 1.97 bits per heavy atom. The molecule has 0 aliphatic carbocycles. The molecule has 4 rings (SSSR count). The molecule has 1 aromatic carbocycles. The highest BCUT2D eigenvalue weighted by Gasteiger charge is 2.42. The first-order valence-corrected chi connectivity index (χ1v) is 10.7. The molecule has 2 aromatic heterocycles. The largest absolute Gasteiger partial charge is 0.472 e. The summed E-state index contributed by atoms with van der Waals surface area (Å²) in [5.41, 5.74) is -0.449. The Labute approximate surface area is 197 Å². The number of pyridine rings is 1. The van der Waals surface area contributed by atoms with Crippen molar-refractivity contribution in [2.75, 3.05) is 25.0 Å². The first kappa shape index (κ1) is 24.0. The van der Waals surface area contributed by atoms with Crippen LogP contribution < -0.4 is 10.1 Å². The zero-order valence-corrected chi connectivity index (χ0v) is 18.5. The summed E-state index contributed by atoms with van der Waals surface area (Å²) < 4.78 is 56.0. The SMILES string of the molecule is CCOC(=O)N1CC[C@H](Oc2ccc(NC(=O)c3nc(-c4ccccc4)oc3C(F)(F)F)cn2)C1. The monoisotopic (exact) mass is 490 g/mol. The van der Waals surface area contributed by atoms with Gasteiger partial charge in [-0.15, -0.1) is 0 Å². The number of aromatic nitrogens is 2. The minimum atomic E-state index is -4.92. The fourth-order valence-electron chi connectivity index (χ4n) is 3.46. The third-order valence-electron chi connectivity index (χ3n) is 5.07. The number of hydrogen-bond acceptors (Lipinski definition) is 7. The van der Waals surface area contributed by atoms with Gasteiger partial charge < -0.3 is 24.1 Å². The van der Waals surface area contributed by atoms with E-state index in [-0.39, 0.29) is 30.2 Å². The van der Waals surface area contributed by atoms with Crippen LogP contribution in [0.5, 0.6) is 5.88 Å². The highest BCUT2D eigenvalue weighted by atomic mass is 19.4. The smallest absolute Gasteiger partial charge is 0.452 e. The summed E-state index contributed by atoms with van der Waals surface area (Å²) in [7, 11) is 0. The molecule has 0 saturated carbocycles. The van der Waals surface area contributed by atoms with Crippen LogP contribution in [0.3, 0.4) is 0 Å². The summed E-state index contributed by atoms with van der Waals surface area (Å²) in [5.74, 6) is -2.67. The molecule has 35 heavy (non-hydrogen) atoms. The molecule has 1 N–H and O–H groups in total. The normalized spacial score (nSPS) is 15.7. The van der Waals surface area contributed by atoms with Crippen LogP contribution in [0.1, 0.15) is 29.6 Å². The van der Waals surface area contributed by atoms with E-state index in [1.54, 1.807) is 25.1 Å². The topological polar surface area (TPSA) is 107 Å². The van der Waals surface area contributed by atoms with Crippen molar-refractivity contribution in [3.63, 3.8) is 0 Å². The van der Waals surface area contributed by atoms with Gasteiger partial charge in [-0.1, -0.05) is 18.2 Å². The molecule has 0 bridgehead atoms. The van der Waals surface area contributed by atoms with Gasteiger partial charge in [-0.25, -0.2) is 14.8 Å². The van der Waals surface area contributed by atoms with Crippen LogP contribution >= 0.6 is 0 Å². The molecule has 3 aromatic rings. The minimum Gasteiger partial charge on any atom is -0.472 e. The lowest BCUT2D eigenvalue weighted by Gasteiger charge is -2.16. The van der Waals surface area contributed by atoms with E-state index in [1.807, 2.05) is 0 Å². The second kappa shape index (κ2) is 10.0. The van der Waals surface area contributed by atoms with Crippen LogP contribution in [0.4, 0.5) is 23.7 Å². The molecule has 184 valence electrons. The van der Waals surface area contributed by atoms with E-state index in [0.717, 1.165) is 0 Å². The number of amides is 2. The van der Waals surface area contributed by atoms with Crippen molar-refractivity contribution in [3.05, 3.63) is 60.1 Å². The van der Waals surface area contributed by atoms with Crippen molar-refractivity contribution < 1.29 is 36.7 Å². The van der Waals surface area contributed by atoms with Gasteiger partial charge in [0.2, 0.25) is 17.5 Å². The second-order valence-electron chi connectivity index (χ2n) is 7.57. The van der Waals surface area contributed by atoms with Crippen molar-refractivity contribution in [2.24, 2.45) is 0 Å². The van der Waals surface area contributed by atoms with E-state index in [9.17, 15) is 22.8 Å². The van der Waals surface area contributed by atoms with Gasteiger partial charge in [-0.3, -0.25) is 4.79 Å². The van der Waals surface area contributed by atoms with E-state index in [4.69, 9.17) is 13.9 Å². The number of benzene rings is 1. The Hall–Kier alpha value is -4.09. The van der Waals surface area contributed by atoms with Gasteiger partial charge in [0.1, 0.15) is 6.10 Å². The van der Waals surface area contributed by atoms with Crippen LogP contribution in [0.2, 0.25) is 0 Å². The molecule has 0 radical (unpaired) electrons. The molecule has 3 heterocycles. The maximum Gasteiger partial charge on any atom is 0.452 e. The van der Waals surface area contributed by atoms with Crippen LogP contribution in [0, 0.1) is 0 Å². The maximum absolute atomic E-state index is 13.5. The number of nitrogens with zero attached hydrogens (tertiary/aromatic N) is 3. The van der Waals surface area contributed by atoms with Gasteiger partial charge in [0, 0.05) is 24.6 Å². The number of carbonyl (C=O) groups is 2. The zero-order valence-electron chi connectivity index (χ0n) is 18.5. The summed E-state index contributed by atoms with van der Waals surface area (Å²) >= 11 is 0. The molecule has 1 aliphatic heterocycles. The molecule has 1 saturated heterocycles. The maximum atomic E-state index is 13.5. The molecule has 0 spiro atoms. The third-order valence-corrected chi connectivity index (χ3v) is 5.07. The lowest BCUT2D eigenvalue weighted by Crippen LogP contribution is -2.31. The van der Waals surface area contributed by atoms with Crippen molar-refractivity contribution in [1.29, 1.82) is 0 Å². The highest BCUT2D eigenvalue weighted by molar-refractivity contribution is 6.03. The predicted molar refractivity (Wildman–Crippen MR) is 117 cm³/mol. The lowest BCUT2D eigenvalue weighted by atomic mass is 10.2. The number of halogens is 3. The number of rotatable bonds is 6. The van der Waals surface area contributed by atoms with Gasteiger partial charge in [-0.2, -0.15) is 13.2 Å². The van der Waals surface area contributed by atoms with E-state index < -0.39 is 29.6 Å². The molecule has 1 fully saturated rings. The Morgan fingerprint density at radius 3 is 2.63 bits per heavy atom. The number of alkyl halides is 3. The van der Waals surface area contributed by atoms with Crippen molar-refractivity contribution in [2.45, 2.75) is 25.6 Å². The Morgan fingerprint density at radius 1 is 1.20 bits per heavy atom. The first-order valence-electron chi connectivity index (χ1n) is 10.7. The standard InChI is InChI=1S/C23H21F3N4O5/c1-2-33-22(32)30-11-10-16(13-30)34-17-9-8-15(12-27-17)28-20(31)18-19(23(24,25)26)35-21(29-18)14-6-4-3-5-7-14/h3-9,12,16H,2,10-11,13H2,1H3,(H,28,31)/t16-/m0/s1. The number of likely N-dealkylation sites (tertiary alicyclic amines) is 1. The van der Waals surface area contributed by atoms with Gasteiger partial charge in [0.15, 0.2) is 5.69 Å². The fraction of sp³-hybridized carbons (Fsp3) is 0.304. The van der Waals surface area contributed by atoms with E-state index in [1.165, 1.54) is 35.4 Å². The lowest BCUT2D eigenvalue weighted by molar-refractivity contribution is -0.153. The van der Waals surface area contributed by atoms with Crippen molar-refractivity contribution in [1.82, 2.24) is 14.9 Å². The molecule has 2 amide bonds. The average Bonchev–Trinajstić information content (AvgIpc) is 3.49. The van der Waals surface area contributed by atoms with Gasteiger partial charge in [0.25, 0.3) is 5.91 Å². The molecule has 0 unspecified atom stereocenters. The summed E-state index contributed by atoms with van der Waals surface area (Å²) in [6.45, 7) is 2.83. The van der Waals surface area contributed by atoms with Crippen LogP contribution in [0.15, 0.2) is 53.1 Å². The summed E-state index contributed by atoms with van der Waals surface area (Å²) in [6, 6.07) is 10.9. The third kappa shape index (κ3) is 5.70. The summed E-state index contributed by atoms with van der Waals surface area (Å²) in [4.78, 5) is 33.8. The number of nitrogens with one attached hydrogen (secondary N) is 1. The van der Waals surface area contributed by atoms with Gasteiger partial charge >= 0.3 is 12.3 Å². The van der Waals surface area contributed by atoms with Crippen molar-refractivity contribution in [3.8, 4) is 17.3 Å². The van der Waals surface area contributed by atoms with Gasteiger partial charge in [-0.05, 0) is 25.1 Å². The number of anilines is 1. The number of oxazole rings is 1. The molecule has 9 nitrogen and oxygen atoms in total. The minimum absolute atomic E-state index is 0.138. The van der Waals surface area contributed by atoms with E-state index in [0.29, 0.717) is 25.1 Å². The van der Waals surface area contributed by atoms with E-state index in [2.05, 4.69) is 15.3 Å². The molecule has 1 atom stereocenters. The highest BCUT2D eigenvalue weighted by Crippen LogP contribution is 2.35. The predicted octanol–water partition coefficient (Wildman–Crippen LogP) is 4.62. The van der Waals surface area contributed by atoms with Crippen LogP contribution in [-0.2, 0) is 10.9 Å². The number of hydrogen-bond donors (Lipinski definition) is 1. The fourth-order valence-corrected chi connectivity index (χ4v) is 3.46. The van der Waals surface area contributed by atoms with Crippen LogP contribution in [-0.4, -0.2) is 52.7 Å². The van der Waals surface area contributed by atoms with Gasteiger partial charge in [0.05, 0.1) is 25.0 Å². The molecule has 1 aliphatic rings. The quantitative estimate of drug-likeness (QED) is 0.537. The number of carbonyl (C=O) groups excluding carboxylic acids is 2.